The van der Waals surface area contributed by atoms with Crippen LogP contribution in [-0.2, 0) is 11.3 Å². The maximum atomic E-state index is 12.3. The van der Waals surface area contributed by atoms with Crippen LogP contribution in [0.15, 0.2) is 75.9 Å². The average Bonchev–Trinajstić information content (AvgIpc) is 3.09. The van der Waals surface area contributed by atoms with Crippen molar-refractivity contribution in [2.24, 2.45) is 0 Å². The highest BCUT2D eigenvalue weighted by molar-refractivity contribution is 5.93. The molecule has 158 valence electrons. The molecule has 2 N–H and O–H groups in total. The van der Waals surface area contributed by atoms with Crippen molar-refractivity contribution in [1.82, 2.24) is 4.73 Å². The Morgan fingerprint density at radius 1 is 0.968 bits per heavy atom. The molecule has 0 fully saturated rings. The predicted octanol–water partition coefficient (Wildman–Crippen LogP) is 2.83. The fourth-order valence-electron chi connectivity index (χ4n) is 2.79. The highest BCUT2D eigenvalue weighted by atomic mass is 16.7. The molecule has 0 saturated carbocycles. The van der Waals surface area contributed by atoms with Crippen molar-refractivity contribution in [3.63, 3.8) is 0 Å². The molecular weight excluding hydrogens is 406 g/mol. The van der Waals surface area contributed by atoms with Crippen molar-refractivity contribution in [1.29, 1.82) is 0 Å². The molecule has 2 aromatic heterocycles. The number of fused-ring (bicyclic) bond motifs is 1. The second-order valence-corrected chi connectivity index (χ2v) is 6.47. The highest BCUT2D eigenvalue weighted by Crippen LogP contribution is 2.22. The van der Waals surface area contributed by atoms with Gasteiger partial charge >= 0.3 is 11.6 Å². The SMILES string of the molecule is O=C(On1c(O)ccc1O)c1cc2ccc(OCOCc3ccccc3)cc2oc1=O. The van der Waals surface area contributed by atoms with E-state index in [1.165, 1.54) is 12.1 Å². The smallest absolute Gasteiger partial charge is 0.371 e. The van der Waals surface area contributed by atoms with Crippen molar-refractivity contribution in [2.45, 2.75) is 6.61 Å². The maximum Gasteiger partial charge on any atom is 0.371 e. The molecule has 0 radical (unpaired) electrons. The molecule has 0 aliphatic carbocycles. The first-order chi connectivity index (χ1) is 15.0. The van der Waals surface area contributed by atoms with Gasteiger partial charge in [-0.3, -0.25) is 0 Å². The second kappa shape index (κ2) is 8.64. The minimum atomic E-state index is -1.10. The van der Waals surface area contributed by atoms with Crippen molar-refractivity contribution < 1.29 is 33.7 Å². The molecule has 31 heavy (non-hydrogen) atoms. The number of aromatic nitrogens is 1. The van der Waals surface area contributed by atoms with E-state index in [0.717, 1.165) is 17.7 Å². The largest absolute Gasteiger partial charge is 0.492 e. The van der Waals surface area contributed by atoms with Crippen molar-refractivity contribution in [3.8, 4) is 17.5 Å². The number of ether oxygens (including phenoxy) is 2. The summed E-state index contributed by atoms with van der Waals surface area (Å²) in [5.74, 6) is -1.70. The third kappa shape index (κ3) is 4.51. The van der Waals surface area contributed by atoms with Gasteiger partial charge in [-0.25, -0.2) is 9.59 Å². The van der Waals surface area contributed by atoms with Gasteiger partial charge in [0.25, 0.3) is 0 Å². The van der Waals surface area contributed by atoms with Crippen molar-refractivity contribution in [2.75, 3.05) is 6.79 Å². The van der Waals surface area contributed by atoms with E-state index < -0.39 is 28.9 Å². The Morgan fingerprint density at radius 3 is 2.45 bits per heavy atom. The van der Waals surface area contributed by atoms with Crippen molar-refractivity contribution in [3.05, 3.63) is 88.3 Å². The lowest BCUT2D eigenvalue weighted by molar-refractivity contribution is 0.00508. The van der Waals surface area contributed by atoms with Crippen LogP contribution in [0.2, 0.25) is 0 Å². The summed E-state index contributed by atoms with van der Waals surface area (Å²) in [7, 11) is 0. The van der Waals surface area contributed by atoms with Gasteiger partial charge in [0.2, 0.25) is 11.8 Å². The number of benzene rings is 2. The molecule has 4 aromatic rings. The molecule has 0 saturated heterocycles. The zero-order valence-electron chi connectivity index (χ0n) is 16.1. The van der Waals surface area contributed by atoms with Gasteiger partial charge in [0.05, 0.1) is 6.61 Å². The first kappa shape index (κ1) is 20.0. The number of rotatable bonds is 7. The molecule has 0 amide bonds. The maximum absolute atomic E-state index is 12.3. The fourth-order valence-corrected chi connectivity index (χ4v) is 2.79. The third-order valence-corrected chi connectivity index (χ3v) is 4.32. The topological polar surface area (TPSA) is 120 Å². The molecule has 9 nitrogen and oxygen atoms in total. The van der Waals surface area contributed by atoms with Crippen LogP contribution in [-0.4, -0.2) is 27.7 Å². The van der Waals surface area contributed by atoms with Crippen LogP contribution in [0.3, 0.4) is 0 Å². The first-order valence-corrected chi connectivity index (χ1v) is 9.16. The zero-order valence-corrected chi connectivity index (χ0v) is 16.1. The molecule has 2 aromatic carbocycles. The second-order valence-electron chi connectivity index (χ2n) is 6.47. The van der Waals surface area contributed by atoms with E-state index in [2.05, 4.69) is 0 Å². The number of hydrogen-bond donors (Lipinski definition) is 2. The van der Waals surface area contributed by atoms with Gasteiger partial charge in [-0.1, -0.05) is 30.3 Å². The average molecular weight is 423 g/mol. The molecule has 0 spiro atoms. The summed E-state index contributed by atoms with van der Waals surface area (Å²) in [6.07, 6.45) is 0. The predicted molar refractivity (Wildman–Crippen MR) is 108 cm³/mol. The summed E-state index contributed by atoms with van der Waals surface area (Å²) in [4.78, 5) is 29.3. The Morgan fingerprint density at radius 2 is 1.71 bits per heavy atom. The lowest BCUT2D eigenvalue weighted by Crippen LogP contribution is -2.24. The molecule has 0 bridgehead atoms. The van der Waals surface area contributed by atoms with Crippen LogP contribution >= 0.6 is 0 Å². The van der Waals surface area contributed by atoms with Crippen LogP contribution in [0, 0.1) is 0 Å². The van der Waals surface area contributed by atoms with E-state index in [-0.39, 0.29) is 12.4 Å². The van der Waals surface area contributed by atoms with Gasteiger partial charge in [0, 0.05) is 23.6 Å². The van der Waals surface area contributed by atoms with Gasteiger partial charge in [0.15, 0.2) is 6.79 Å². The third-order valence-electron chi connectivity index (χ3n) is 4.32. The van der Waals surface area contributed by atoms with E-state index in [4.69, 9.17) is 18.7 Å². The van der Waals surface area contributed by atoms with Gasteiger partial charge in [-0.15, -0.1) is 4.73 Å². The summed E-state index contributed by atoms with van der Waals surface area (Å²) < 4.78 is 16.7. The van der Waals surface area contributed by atoms with E-state index in [0.29, 0.717) is 22.5 Å². The van der Waals surface area contributed by atoms with Crippen LogP contribution in [0.5, 0.6) is 17.5 Å². The lowest BCUT2D eigenvalue weighted by Gasteiger charge is -2.09. The number of carbonyl (C=O) groups is 1. The summed E-state index contributed by atoms with van der Waals surface area (Å²) in [6.45, 7) is 0.389. The Kier molecular flexibility index (Phi) is 5.59. The summed E-state index contributed by atoms with van der Waals surface area (Å²) in [5, 5.41) is 19.6. The first-order valence-electron chi connectivity index (χ1n) is 9.16. The summed E-state index contributed by atoms with van der Waals surface area (Å²) in [5.41, 5.74) is -0.133. The minimum Gasteiger partial charge on any atom is -0.492 e. The highest BCUT2D eigenvalue weighted by Gasteiger charge is 2.19. The van der Waals surface area contributed by atoms with Crippen LogP contribution in [0.25, 0.3) is 11.0 Å². The van der Waals surface area contributed by atoms with Crippen molar-refractivity contribution >= 4 is 16.9 Å². The molecule has 0 unspecified atom stereocenters. The Bertz CT molecular complexity index is 1260. The van der Waals surface area contributed by atoms with Gasteiger partial charge in [-0.2, -0.15) is 0 Å². The molecular formula is C22H17NO8. The monoisotopic (exact) mass is 423 g/mol. The van der Waals surface area contributed by atoms with E-state index in [1.54, 1.807) is 12.1 Å². The Labute approximate surface area is 175 Å². The quantitative estimate of drug-likeness (QED) is 0.265. The zero-order chi connectivity index (χ0) is 21.8. The number of hydrogen-bond acceptors (Lipinski definition) is 8. The van der Waals surface area contributed by atoms with Gasteiger partial charge < -0.3 is 28.9 Å². The molecule has 2 heterocycles. The Hall–Kier alpha value is -4.24. The fraction of sp³-hybridized carbons (Fsp3) is 0.0909. The minimum absolute atomic E-state index is 0.00109. The van der Waals surface area contributed by atoms with E-state index >= 15 is 0 Å². The van der Waals surface area contributed by atoms with Gasteiger partial charge in [0.1, 0.15) is 16.9 Å². The van der Waals surface area contributed by atoms with Gasteiger partial charge in [-0.05, 0) is 23.8 Å². The molecule has 0 aliphatic heterocycles. The van der Waals surface area contributed by atoms with Crippen LogP contribution in [0.4, 0.5) is 0 Å². The Balaban J connectivity index is 1.45. The number of nitrogens with zero attached hydrogens (tertiary/aromatic N) is 1. The lowest BCUT2D eigenvalue weighted by atomic mass is 10.2. The molecule has 9 heteroatoms. The summed E-state index contributed by atoms with van der Waals surface area (Å²) >= 11 is 0. The normalized spacial score (nSPS) is 10.8. The molecule has 0 atom stereocenters. The standard InChI is InChI=1S/C22H17NO8/c24-19-8-9-20(25)23(19)31-22(27)17-10-15-6-7-16(11-18(15)30-21(17)26)29-13-28-12-14-4-2-1-3-5-14/h1-11,24-25H,12-13H2. The van der Waals surface area contributed by atoms with E-state index in [9.17, 15) is 19.8 Å². The molecule has 4 rings (SSSR count). The van der Waals surface area contributed by atoms with E-state index in [1.807, 2.05) is 30.3 Å². The number of carbonyl (C=O) groups excluding carboxylic acids is 1. The van der Waals surface area contributed by atoms with Crippen LogP contribution < -0.4 is 15.2 Å². The summed E-state index contributed by atoms with van der Waals surface area (Å²) in [6, 6.07) is 17.9. The number of aromatic hydroxyl groups is 2. The molecule has 0 aliphatic rings. The van der Waals surface area contributed by atoms with Crippen LogP contribution in [0.1, 0.15) is 15.9 Å².